The average Bonchev–Trinajstić information content (AvgIpc) is 2.54. The van der Waals surface area contributed by atoms with Crippen molar-refractivity contribution in [2.75, 3.05) is 0 Å². The van der Waals surface area contributed by atoms with E-state index >= 15 is 0 Å². The maximum absolute atomic E-state index is 11.8. The molecule has 1 unspecified atom stereocenters. The van der Waals surface area contributed by atoms with Crippen LogP contribution < -0.4 is 5.32 Å². The van der Waals surface area contributed by atoms with Gasteiger partial charge in [-0.2, -0.15) is 0 Å². The molecule has 1 heterocycles. The molecule has 18 heavy (non-hydrogen) atoms. The fourth-order valence-corrected chi connectivity index (χ4v) is 2.36. The third kappa shape index (κ3) is 2.78. The van der Waals surface area contributed by atoms with E-state index in [1.807, 2.05) is 6.08 Å². The van der Waals surface area contributed by atoms with Gasteiger partial charge in [0.2, 0.25) is 11.8 Å². The Morgan fingerprint density at radius 1 is 1.22 bits per heavy atom. The van der Waals surface area contributed by atoms with Gasteiger partial charge in [0.05, 0.1) is 5.92 Å². The normalized spacial score (nSPS) is 24.5. The Balaban J connectivity index is 2.12. The summed E-state index contributed by atoms with van der Waals surface area (Å²) in [5, 5.41) is 2.41. The van der Waals surface area contributed by atoms with E-state index in [1.54, 1.807) is 0 Å². The maximum atomic E-state index is 11.8. The van der Waals surface area contributed by atoms with E-state index in [9.17, 15) is 9.59 Å². The zero-order valence-electron chi connectivity index (χ0n) is 10.9. The molecule has 3 heteroatoms. The number of carbonyl (C=O) groups excluding carboxylic acids is 2. The predicted octanol–water partition coefficient (Wildman–Crippen LogP) is 2.51. The number of hydrogen-bond acceptors (Lipinski definition) is 2. The lowest BCUT2D eigenvalue weighted by molar-refractivity contribution is -0.135. The number of rotatable bonds is 2. The van der Waals surface area contributed by atoms with Crippen LogP contribution in [-0.2, 0) is 9.59 Å². The van der Waals surface area contributed by atoms with Gasteiger partial charge < -0.3 is 0 Å². The number of allylic oxidation sites excluding steroid dienone is 5. The van der Waals surface area contributed by atoms with Crippen LogP contribution in [0.5, 0.6) is 0 Å². The molecule has 0 spiro atoms. The summed E-state index contributed by atoms with van der Waals surface area (Å²) in [7, 11) is 0. The monoisotopic (exact) mass is 245 g/mol. The zero-order valence-corrected chi connectivity index (χ0v) is 10.9. The molecule has 1 saturated heterocycles. The number of nitrogens with one attached hydrogen (secondary N) is 1. The molecule has 96 valence electrons. The van der Waals surface area contributed by atoms with Crippen molar-refractivity contribution >= 4 is 11.8 Å². The standard InChI is InChI=1S/C15H19NO2/c1-10(2)11-4-3-5-12(7-6-11)13-8-9-14(17)16-15(13)18/h4-7,10,13H,3,8-9H2,1-2H3,(H,16,17,18). The second-order valence-electron chi connectivity index (χ2n) is 5.14. The van der Waals surface area contributed by atoms with Gasteiger partial charge >= 0.3 is 0 Å². The summed E-state index contributed by atoms with van der Waals surface area (Å²) in [5.41, 5.74) is 2.33. The van der Waals surface area contributed by atoms with Gasteiger partial charge in [-0.05, 0) is 29.9 Å². The lowest BCUT2D eigenvalue weighted by Gasteiger charge is -2.21. The molecule has 0 saturated carbocycles. The van der Waals surface area contributed by atoms with E-state index in [0.717, 1.165) is 12.0 Å². The summed E-state index contributed by atoms with van der Waals surface area (Å²) in [5.74, 6) is 0.0141. The highest BCUT2D eigenvalue weighted by atomic mass is 16.2. The number of carbonyl (C=O) groups is 2. The highest BCUT2D eigenvalue weighted by Gasteiger charge is 2.28. The molecule has 1 aliphatic carbocycles. The SMILES string of the molecule is CC(C)C1=CCC=C(C2CCC(=O)NC2=O)C=C1. The van der Waals surface area contributed by atoms with E-state index in [0.29, 0.717) is 18.8 Å². The van der Waals surface area contributed by atoms with E-state index in [4.69, 9.17) is 0 Å². The number of amides is 2. The topological polar surface area (TPSA) is 46.2 Å². The van der Waals surface area contributed by atoms with Crippen molar-refractivity contribution in [2.24, 2.45) is 11.8 Å². The second-order valence-corrected chi connectivity index (χ2v) is 5.14. The molecule has 0 bridgehead atoms. The Hall–Kier alpha value is -1.64. The molecular formula is C15H19NO2. The molecule has 2 amide bonds. The average molecular weight is 245 g/mol. The molecule has 0 aromatic heterocycles. The minimum atomic E-state index is -0.168. The predicted molar refractivity (Wildman–Crippen MR) is 70.6 cm³/mol. The minimum absolute atomic E-state index is 0.157. The molecule has 0 radical (unpaired) electrons. The maximum Gasteiger partial charge on any atom is 0.234 e. The van der Waals surface area contributed by atoms with Gasteiger partial charge in [-0.3, -0.25) is 14.9 Å². The Kier molecular flexibility index (Phi) is 3.80. The Bertz CT molecular complexity index is 455. The van der Waals surface area contributed by atoms with E-state index in [1.165, 1.54) is 5.57 Å². The van der Waals surface area contributed by atoms with Crippen LogP contribution in [0.4, 0.5) is 0 Å². The van der Waals surface area contributed by atoms with Gasteiger partial charge in [-0.25, -0.2) is 0 Å². The summed E-state index contributed by atoms with van der Waals surface area (Å²) in [6.07, 6.45) is 10.3. The van der Waals surface area contributed by atoms with E-state index in [-0.39, 0.29) is 17.7 Å². The quantitative estimate of drug-likeness (QED) is 0.760. The Labute approximate surface area is 108 Å². The third-order valence-corrected chi connectivity index (χ3v) is 3.48. The van der Waals surface area contributed by atoms with Crippen molar-refractivity contribution in [3.05, 3.63) is 35.5 Å². The first-order valence-electron chi connectivity index (χ1n) is 6.50. The van der Waals surface area contributed by atoms with Gasteiger partial charge in [-0.1, -0.05) is 38.2 Å². The molecule has 1 atom stereocenters. The van der Waals surface area contributed by atoms with Crippen LogP contribution in [0.15, 0.2) is 35.5 Å². The lowest BCUT2D eigenvalue weighted by Crippen LogP contribution is -2.41. The van der Waals surface area contributed by atoms with Crippen molar-refractivity contribution in [3.8, 4) is 0 Å². The molecule has 0 aromatic rings. The van der Waals surface area contributed by atoms with E-state index in [2.05, 4.69) is 37.4 Å². The molecular weight excluding hydrogens is 226 g/mol. The van der Waals surface area contributed by atoms with E-state index < -0.39 is 0 Å². The smallest absolute Gasteiger partial charge is 0.234 e. The molecule has 2 rings (SSSR count). The minimum Gasteiger partial charge on any atom is -0.296 e. The van der Waals surface area contributed by atoms with Gasteiger partial charge in [0.25, 0.3) is 0 Å². The van der Waals surface area contributed by atoms with Crippen LogP contribution in [0.1, 0.15) is 33.1 Å². The van der Waals surface area contributed by atoms with Crippen LogP contribution in [0.2, 0.25) is 0 Å². The highest BCUT2D eigenvalue weighted by molar-refractivity contribution is 6.00. The first-order chi connectivity index (χ1) is 8.58. The van der Waals surface area contributed by atoms with Crippen molar-refractivity contribution in [1.29, 1.82) is 0 Å². The van der Waals surface area contributed by atoms with Crippen LogP contribution in [-0.4, -0.2) is 11.8 Å². The third-order valence-electron chi connectivity index (χ3n) is 3.48. The summed E-state index contributed by atoms with van der Waals surface area (Å²) < 4.78 is 0. The molecule has 1 N–H and O–H groups in total. The van der Waals surface area contributed by atoms with Crippen LogP contribution in [0.3, 0.4) is 0 Å². The summed E-state index contributed by atoms with van der Waals surface area (Å²) in [6, 6.07) is 0. The van der Waals surface area contributed by atoms with Crippen LogP contribution in [0, 0.1) is 11.8 Å². The van der Waals surface area contributed by atoms with Gasteiger partial charge in [-0.15, -0.1) is 0 Å². The van der Waals surface area contributed by atoms with Crippen molar-refractivity contribution in [1.82, 2.24) is 5.32 Å². The second kappa shape index (κ2) is 5.34. The van der Waals surface area contributed by atoms with Gasteiger partial charge in [0.1, 0.15) is 0 Å². The molecule has 1 fully saturated rings. The van der Waals surface area contributed by atoms with Crippen molar-refractivity contribution < 1.29 is 9.59 Å². The Morgan fingerprint density at radius 2 is 2.00 bits per heavy atom. The number of piperidine rings is 1. The van der Waals surface area contributed by atoms with Crippen molar-refractivity contribution in [3.63, 3.8) is 0 Å². The first kappa shape index (κ1) is 12.8. The number of hydrogen-bond donors (Lipinski definition) is 1. The summed E-state index contributed by atoms with van der Waals surface area (Å²) in [4.78, 5) is 22.9. The summed E-state index contributed by atoms with van der Waals surface area (Å²) in [6.45, 7) is 4.32. The zero-order chi connectivity index (χ0) is 13.1. The van der Waals surface area contributed by atoms with Crippen molar-refractivity contribution in [2.45, 2.75) is 33.1 Å². The Morgan fingerprint density at radius 3 is 2.67 bits per heavy atom. The summed E-state index contributed by atoms with van der Waals surface area (Å²) >= 11 is 0. The molecule has 3 nitrogen and oxygen atoms in total. The fourth-order valence-electron chi connectivity index (χ4n) is 2.36. The highest BCUT2D eigenvalue weighted by Crippen LogP contribution is 2.26. The largest absolute Gasteiger partial charge is 0.296 e. The molecule has 2 aliphatic rings. The number of imide groups is 1. The van der Waals surface area contributed by atoms with Gasteiger partial charge in [0.15, 0.2) is 0 Å². The van der Waals surface area contributed by atoms with Gasteiger partial charge in [0, 0.05) is 6.42 Å². The molecule has 1 aliphatic heterocycles. The lowest BCUT2D eigenvalue weighted by atomic mass is 9.89. The fraction of sp³-hybridized carbons (Fsp3) is 0.467. The first-order valence-corrected chi connectivity index (χ1v) is 6.50. The van der Waals surface area contributed by atoms with Crippen LogP contribution >= 0.6 is 0 Å². The molecule has 0 aromatic carbocycles. The van der Waals surface area contributed by atoms with Crippen LogP contribution in [0.25, 0.3) is 0 Å².